The molecule has 108 valence electrons. The topological polar surface area (TPSA) is 9.23 Å². The quantitative estimate of drug-likeness (QED) is 0.656. The molecule has 1 nitrogen and oxygen atoms in total. The van der Waals surface area contributed by atoms with Gasteiger partial charge in [-0.25, -0.2) is 0 Å². The van der Waals surface area contributed by atoms with Crippen LogP contribution in [-0.4, -0.2) is 7.11 Å². The highest BCUT2D eigenvalue weighted by Crippen LogP contribution is 2.46. The van der Waals surface area contributed by atoms with Crippen molar-refractivity contribution in [2.75, 3.05) is 7.11 Å². The van der Waals surface area contributed by atoms with E-state index in [0.717, 1.165) is 18.1 Å². The Labute approximate surface area is 119 Å². The molecule has 1 aromatic rings. The van der Waals surface area contributed by atoms with Gasteiger partial charge in [0.2, 0.25) is 0 Å². The zero-order valence-corrected chi connectivity index (χ0v) is 13.5. The Balaban J connectivity index is 0.000000861. The number of ether oxygens (including phenoxy) is 1. The molecule has 0 aliphatic heterocycles. The van der Waals surface area contributed by atoms with E-state index in [1.54, 1.807) is 0 Å². The maximum absolute atomic E-state index is 5.70. The molecule has 2 unspecified atom stereocenters. The second-order valence-electron chi connectivity index (χ2n) is 5.41. The molecule has 19 heavy (non-hydrogen) atoms. The maximum Gasteiger partial charge on any atom is 0.125 e. The molecule has 0 heterocycles. The first-order valence-corrected chi connectivity index (χ1v) is 7.85. The molecule has 1 aliphatic carbocycles. The van der Waals surface area contributed by atoms with Crippen LogP contribution < -0.4 is 4.74 Å². The number of methoxy groups -OCH3 is 1. The highest BCUT2D eigenvalue weighted by atomic mass is 16.5. The summed E-state index contributed by atoms with van der Waals surface area (Å²) in [6, 6.07) is 6.65. The van der Waals surface area contributed by atoms with Gasteiger partial charge >= 0.3 is 0 Å². The summed E-state index contributed by atoms with van der Waals surface area (Å²) in [7, 11) is 1.81. The molecule has 1 aliphatic rings. The van der Waals surface area contributed by atoms with E-state index in [2.05, 4.69) is 39.0 Å². The van der Waals surface area contributed by atoms with E-state index in [0.29, 0.717) is 11.8 Å². The normalized spacial score (nSPS) is 17.2. The van der Waals surface area contributed by atoms with Crippen molar-refractivity contribution >= 4 is 0 Å². The van der Waals surface area contributed by atoms with Gasteiger partial charge in [0.25, 0.3) is 0 Å². The molecule has 0 spiro atoms. The van der Waals surface area contributed by atoms with Gasteiger partial charge in [-0.1, -0.05) is 52.8 Å². The summed E-state index contributed by atoms with van der Waals surface area (Å²) in [6.07, 6.45) is 3.94. The molecule has 0 amide bonds. The van der Waals surface area contributed by atoms with Crippen LogP contribution in [-0.2, 0) is 0 Å². The van der Waals surface area contributed by atoms with Crippen LogP contribution in [0.15, 0.2) is 18.2 Å². The second kappa shape index (κ2) is 7.57. The van der Waals surface area contributed by atoms with Gasteiger partial charge in [-0.3, -0.25) is 0 Å². The molecule has 1 fully saturated rings. The van der Waals surface area contributed by atoms with Gasteiger partial charge in [-0.15, -0.1) is 0 Å². The van der Waals surface area contributed by atoms with Gasteiger partial charge in [0, 0.05) is 0 Å². The molecule has 1 saturated carbocycles. The highest BCUT2D eigenvalue weighted by Gasteiger charge is 2.31. The Bertz CT molecular complexity index is 379. The fourth-order valence-electron chi connectivity index (χ4n) is 2.63. The first kappa shape index (κ1) is 16.1. The molecule has 1 heteroatoms. The minimum absolute atomic E-state index is 0.580. The summed E-state index contributed by atoms with van der Waals surface area (Å²) in [5, 5.41) is 0. The Hall–Kier alpha value is -0.980. The molecule has 0 radical (unpaired) electrons. The molecule has 0 saturated heterocycles. The van der Waals surface area contributed by atoms with Crippen LogP contribution in [0.4, 0.5) is 0 Å². The smallest absolute Gasteiger partial charge is 0.125 e. The fourth-order valence-corrected chi connectivity index (χ4v) is 2.63. The SMILES string of the molecule is CC.CCC(C)c1cccc(C(C)C2CC2)c1OC. The molecule has 1 aromatic carbocycles. The number of hydrogen-bond donors (Lipinski definition) is 0. The van der Waals surface area contributed by atoms with E-state index < -0.39 is 0 Å². The maximum atomic E-state index is 5.70. The van der Waals surface area contributed by atoms with Gasteiger partial charge in [-0.05, 0) is 48.1 Å². The average molecular weight is 262 g/mol. The van der Waals surface area contributed by atoms with Crippen molar-refractivity contribution in [3.63, 3.8) is 0 Å². The van der Waals surface area contributed by atoms with Crippen molar-refractivity contribution in [2.45, 2.75) is 65.7 Å². The summed E-state index contributed by atoms with van der Waals surface area (Å²) >= 11 is 0. The number of benzene rings is 1. The zero-order valence-electron chi connectivity index (χ0n) is 13.5. The minimum Gasteiger partial charge on any atom is -0.496 e. The average Bonchev–Trinajstić information content (AvgIpc) is 3.31. The van der Waals surface area contributed by atoms with Crippen LogP contribution in [0.3, 0.4) is 0 Å². The molecule has 2 rings (SSSR count). The van der Waals surface area contributed by atoms with E-state index in [9.17, 15) is 0 Å². The van der Waals surface area contributed by atoms with Crippen LogP contribution in [0.1, 0.15) is 76.8 Å². The van der Waals surface area contributed by atoms with Crippen LogP contribution in [0.5, 0.6) is 5.75 Å². The predicted molar refractivity (Wildman–Crippen MR) is 84.2 cm³/mol. The number of hydrogen-bond acceptors (Lipinski definition) is 1. The van der Waals surface area contributed by atoms with E-state index >= 15 is 0 Å². The zero-order chi connectivity index (χ0) is 14.4. The summed E-state index contributed by atoms with van der Waals surface area (Å²) in [5.74, 6) is 3.25. The first-order chi connectivity index (χ1) is 9.19. The Morgan fingerprint density at radius 2 is 1.74 bits per heavy atom. The lowest BCUT2D eigenvalue weighted by Crippen LogP contribution is -2.04. The van der Waals surface area contributed by atoms with Crippen molar-refractivity contribution in [3.05, 3.63) is 29.3 Å². The van der Waals surface area contributed by atoms with Crippen LogP contribution >= 0.6 is 0 Å². The molecular weight excluding hydrogens is 232 g/mol. The Morgan fingerprint density at radius 3 is 2.21 bits per heavy atom. The van der Waals surface area contributed by atoms with Crippen molar-refractivity contribution in [1.29, 1.82) is 0 Å². The molecule has 0 N–H and O–H groups in total. The van der Waals surface area contributed by atoms with Gasteiger partial charge in [-0.2, -0.15) is 0 Å². The Kier molecular flexibility index (Phi) is 6.41. The van der Waals surface area contributed by atoms with Gasteiger partial charge < -0.3 is 4.74 Å². The second-order valence-corrected chi connectivity index (χ2v) is 5.41. The summed E-state index contributed by atoms with van der Waals surface area (Å²) in [6.45, 7) is 10.9. The van der Waals surface area contributed by atoms with Crippen LogP contribution in [0.2, 0.25) is 0 Å². The Morgan fingerprint density at radius 1 is 1.16 bits per heavy atom. The minimum atomic E-state index is 0.580. The molecule has 0 bridgehead atoms. The molecule has 2 atom stereocenters. The number of rotatable bonds is 5. The highest BCUT2D eigenvalue weighted by molar-refractivity contribution is 5.45. The molecular formula is C18H30O. The van der Waals surface area contributed by atoms with Gasteiger partial charge in [0.15, 0.2) is 0 Å². The lowest BCUT2D eigenvalue weighted by Gasteiger charge is -2.21. The lowest BCUT2D eigenvalue weighted by atomic mass is 9.89. The van der Waals surface area contributed by atoms with Crippen molar-refractivity contribution in [3.8, 4) is 5.75 Å². The van der Waals surface area contributed by atoms with Crippen LogP contribution in [0, 0.1) is 5.92 Å². The standard InChI is InChI=1S/C16H24O.C2H6/c1-5-11(2)14-7-6-8-15(16(14)17-4)12(3)13-9-10-13;1-2/h6-8,11-13H,5,9-10H2,1-4H3;1-2H3. The summed E-state index contributed by atoms with van der Waals surface area (Å²) < 4.78 is 5.70. The third-order valence-electron chi connectivity index (χ3n) is 4.24. The summed E-state index contributed by atoms with van der Waals surface area (Å²) in [4.78, 5) is 0. The third kappa shape index (κ3) is 3.75. The van der Waals surface area contributed by atoms with Gasteiger partial charge in [0.1, 0.15) is 5.75 Å². The molecule has 0 aromatic heterocycles. The number of para-hydroxylation sites is 1. The fraction of sp³-hybridized carbons (Fsp3) is 0.667. The summed E-state index contributed by atoms with van der Waals surface area (Å²) in [5.41, 5.74) is 2.78. The van der Waals surface area contributed by atoms with Crippen molar-refractivity contribution in [2.24, 2.45) is 5.92 Å². The van der Waals surface area contributed by atoms with E-state index in [1.807, 2.05) is 21.0 Å². The van der Waals surface area contributed by atoms with Crippen LogP contribution in [0.25, 0.3) is 0 Å². The lowest BCUT2D eigenvalue weighted by molar-refractivity contribution is 0.395. The van der Waals surface area contributed by atoms with E-state index in [4.69, 9.17) is 4.74 Å². The van der Waals surface area contributed by atoms with Crippen molar-refractivity contribution < 1.29 is 4.74 Å². The van der Waals surface area contributed by atoms with E-state index in [-0.39, 0.29) is 0 Å². The largest absolute Gasteiger partial charge is 0.496 e. The predicted octanol–water partition coefficient (Wildman–Crippen LogP) is 5.75. The first-order valence-electron chi connectivity index (χ1n) is 7.85. The monoisotopic (exact) mass is 262 g/mol. The van der Waals surface area contributed by atoms with Crippen molar-refractivity contribution in [1.82, 2.24) is 0 Å². The van der Waals surface area contributed by atoms with Gasteiger partial charge in [0.05, 0.1) is 7.11 Å². The third-order valence-corrected chi connectivity index (χ3v) is 4.24. The van der Waals surface area contributed by atoms with E-state index in [1.165, 1.54) is 24.0 Å².